The number of halogens is 1. The van der Waals surface area contributed by atoms with Gasteiger partial charge in [0.05, 0.1) is 0 Å². The predicted molar refractivity (Wildman–Crippen MR) is 100 cm³/mol. The number of likely N-dealkylation sites (tertiary alicyclic amines) is 1. The van der Waals surface area contributed by atoms with Crippen molar-refractivity contribution >= 4 is 17.5 Å². The van der Waals surface area contributed by atoms with Crippen LogP contribution in [0.25, 0.3) is 0 Å². The molecule has 2 rings (SSSR count). The van der Waals surface area contributed by atoms with Crippen LogP contribution in [0.2, 0.25) is 5.02 Å². The van der Waals surface area contributed by atoms with E-state index in [1.165, 1.54) is 5.56 Å². The molecule has 0 atom stereocenters. The van der Waals surface area contributed by atoms with Crippen molar-refractivity contribution in [1.29, 1.82) is 0 Å². The van der Waals surface area contributed by atoms with E-state index < -0.39 is 0 Å². The first kappa shape index (κ1) is 19.2. The maximum atomic E-state index is 12.3. The minimum atomic E-state index is 0.170. The van der Waals surface area contributed by atoms with Crippen LogP contribution < -0.4 is 5.32 Å². The lowest BCUT2D eigenvalue weighted by atomic mass is 9.95. The monoisotopic (exact) mass is 351 g/mol. The Morgan fingerprint density at radius 2 is 1.83 bits per heavy atom. The first-order chi connectivity index (χ1) is 11.6. The molecule has 134 valence electrons. The molecule has 1 amide bonds. The van der Waals surface area contributed by atoms with Gasteiger partial charge >= 0.3 is 0 Å². The van der Waals surface area contributed by atoms with Crippen molar-refractivity contribution in [1.82, 2.24) is 15.1 Å². The molecule has 1 aliphatic rings. The lowest BCUT2D eigenvalue weighted by molar-refractivity contribution is -0.126. The summed E-state index contributed by atoms with van der Waals surface area (Å²) in [4.78, 5) is 17.0. The fourth-order valence-electron chi connectivity index (χ4n) is 3.22. The summed E-state index contributed by atoms with van der Waals surface area (Å²) in [5, 5.41) is 3.89. The molecule has 4 nitrogen and oxygen atoms in total. The second-order valence-corrected chi connectivity index (χ2v) is 6.93. The van der Waals surface area contributed by atoms with Gasteiger partial charge in [-0.2, -0.15) is 0 Å². The minimum Gasteiger partial charge on any atom is -0.355 e. The molecule has 24 heavy (non-hydrogen) atoms. The highest BCUT2D eigenvalue weighted by atomic mass is 35.5. The number of likely N-dealkylation sites (N-methyl/N-ethyl adjacent to an activating group) is 1. The topological polar surface area (TPSA) is 35.6 Å². The van der Waals surface area contributed by atoms with Crippen LogP contribution in [0.4, 0.5) is 0 Å². The van der Waals surface area contributed by atoms with Crippen LogP contribution in [0.5, 0.6) is 0 Å². The van der Waals surface area contributed by atoms with E-state index in [0.29, 0.717) is 0 Å². The summed E-state index contributed by atoms with van der Waals surface area (Å²) >= 11 is 5.93. The Hall–Kier alpha value is -1.10. The van der Waals surface area contributed by atoms with Crippen molar-refractivity contribution in [3.8, 4) is 0 Å². The summed E-state index contributed by atoms with van der Waals surface area (Å²) in [7, 11) is 0. The van der Waals surface area contributed by atoms with Gasteiger partial charge in [-0.15, -0.1) is 0 Å². The Morgan fingerprint density at radius 1 is 1.21 bits per heavy atom. The van der Waals surface area contributed by atoms with Gasteiger partial charge in [0, 0.05) is 30.6 Å². The first-order valence-corrected chi connectivity index (χ1v) is 9.47. The van der Waals surface area contributed by atoms with Crippen molar-refractivity contribution in [2.75, 3.05) is 39.3 Å². The summed E-state index contributed by atoms with van der Waals surface area (Å²) in [5.74, 6) is 0.400. The normalized spacial score (nSPS) is 16.5. The Morgan fingerprint density at radius 3 is 2.42 bits per heavy atom. The van der Waals surface area contributed by atoms with E-state index in [-0.39, 0.29) is 11.8 Å². The van der Waals surface area contributed by atoms with Crippen LogP contribution in [-0.4, -0.2) is 55.0 Å². The van der Waals surface area contributed by atoms with Gasteiger partial charge < -0.3 is 10.2 Å². The molecule has 0 bridgehead atoms. The molecule has 0 saturated carbocycles. The van der Waals surface area contributed by atoms with Gasteiger partial charge in [0.25, 0.3) is 0 Å². The van der Waals surface area contributed by atoms with Gasteiger partial charge in [-0.25, -0.2) is 0 Å². The molecule has 1 aromatic rings. The van der Waals surface area contributed by atoms with E-state index in [9.17, 15) is 4.79 Å². The second-order valence-electron chi connectivity index (χ2n) is 6.49. The molecule has 0 aliphatic carbocycles. The number of carbonyl (C=O) groups excluding carboxylic acids is 1. The van der Waals surface area contributed by atoms with Crippen LogP contribution in [0.1, 0.15) is 32.3 Å². The highest BCUT2D eigenvalue weighted by Gasteiger charge is 2.24. The van der Waals surface area contributed by atoms with E-state index in [4.69, 9.17) is 11.6 Å². The maximum Gasteiger partial charge on any atom is 0.223 e. The van der Waals surface area contributed by atoms with Crippen LogP contribution in [-0.2, 0) is 11.3 Å². The third kappa shape index (κ3) is 6.08. The quantitative estimate of drug-likeness (QED) is 0.782. The Labute approximate surface area is 151 Å². The molecule has 1 fully saturated rings. The van der Waals surface area contributed by atoms with Crippen LogP contribution in [0, 0.1) is 5.92 Å². The Balaban J connectivity index is 1.68. The standard InChI is InChI=1S/C19H30ClN3O/c1-3-22(4-2)14-11-21-19(24)17-9-12-23(13-10-17)15-16-5-7-18(20)8-6-16/h5-8,17H,3-4,9-15H2,1-2H3,(H,21,24). The van der Waals surface area contributed by atoms with Gasteiger partial charge in [0.15, 0.2) is 0 Å². The third-order valence-corrected chi connectivity index (χ3v) is 5.15. The number of nitrogens with zero attached hydrogens (tertiary/aromatic N) is 2. The maximum absolute atomic E-state index is 12.3. The lowest BCUT2D eigenvalue weighted by Crippen LogP contribution is -2.42. The fourth-order valence-corrected chi connectivity index (χ4v) is 3.35. The fraction of sp³-hybridized carbons (Fsp3) is 0.632. The molecule has 5 heteroatoms. The zero-order valence-corrected chi connectivity index (χ0v) is 15.7. The average molecular weight is 352 g/mol. The molecule has 0 aromatic heterocycles. The van der Waals surface area contributed by atoms with Gasteiger partial charge in [0.2, 0.25) is 5.91 Å². The number of carbonyl (C=O) groups is 1. The lowest BCUT2D eigenvalue weighted by Gasteiger charge is -2.31. The number of hydrogen-bond acceptors (Lipinski definition) is 3. The number of rotatable bonds is 8. The van der Waals surface area contributed by atoms with Crippen LogP contribution in [0.3, 0.4) is 0 Å². The third-order valence-electron chi connectivity index (χ3n) is 4.90. The highest BCUT2D eigenvalue weighted by Crippen LogP contribution is 2.20. The van der Waals surface area contributed by atoms with Crippen LogP contribution in [0.15, 0.2) is 24.3 Å². The van der Waals surface area contributed by atoms with Crippen molar-refractivity contribution in [3.63, 3.8) is 0 Å². The number of piperidine rings is 1. The zero-order valence-electron chi connectivity index (χ0n) is 14.9. The number of hydrogen-bond donors (Lipinski definition) is 1. The molecular formula is C19H30ClN3O. The predicted octanol–water partition coefficient (Wildman–Crippen LogP) is 3.01. The molecule has 0 radical (unpaired) electrons. The molecule has 0 spiro atoms. The minimum absolute atomic E-state index is 0.170. The second kappa shape index (κ2) is 10.0. The van der Waals surface area contributed by atoms with E-state index in [2.05, 4.69) is 41.1 Å². The van der Waals surface area contributed by atoms with Crippen molar-refractivity contribution in [3.05, 3.63) is 34.9 Å². The van der Waals surface area contributed by atoms with E-state index in [1.54, 1.807) is 0 Å². The smallest absolute Gasteiger partial charge is 0.223 e. The summed E-state index contributed by atoms with van der Waals surface area (Å²) in [6.07, 6.45) is 1.90. The summed E-state index contributed by atoms with van der Waals surface area (Å²) in [6, 6.07) is 8.03. The summed E-state index contributed by atoms with van der Waals surface area (Å²) < 4.78 is 0. The van der Waals surface area contributed by atoms with E-state index in [0.717, 1.165) is 63.7 Å². The molecule has 1 aromatic carbocycles. The summed E-state index contributed by atoms with van der Waals surface area (Å²) in [6.45, 7) is 11.0. The molecule has 1 heterocycles. The van der Waals surface area contributed by atoms with Crippen molar-refractivity contribution in [2.24, 2.45) is 5.92 Å². The Bertz CT molecular complexity index is 494. The van der Waals surface area contributed by atoms with Crippen molar-refractivity contribution < 1.29 is 4.79 Å². The van der Waals surface area contributed by atoms with Crippen LogP contribution >= 0.6 is 11.6 Å². The summed E-state index contributed by atoms with van der Waals surface area (Å²) in [5.41, 5.74) is 1.28. The first-order valence-electron chi connectivity index (χ1n) is 9.09. The van der Waals surface area contributed by atoms with Gasteiger partial charge in [-0.05, 0) is 56.7 Å². The number of nitrogens with one attached hydrogen (secondary N) is 1. The average Bonchev–Trinajstić information content (AvgIpc) is 2.61. The molecule has 0 unspecified atom stereocenters. The number of amides is 1. The Kier molecular flexibility index (Phi) is 8.03. The van der Waals surface area contributed by atoms with Gasteiger partial charge in [-0.3, -0.25) is 9.69 Å². The molecule has 1 aliphatic heterocycles. The molecule has 1 saturated heterocycles. The van der Waals surface area contributed by atoms with Crippen molar-refractivity contribution in [2.45, 2.75) is 33.2 Å². The molecule has 1 N–H and O–H groups in total. The highest BCUT2D eigenvalue weighted by molar-refractivity contribution is 6.30. The van der Waals surface area contributed by atoms with Gasteiger partial charge in [0.1, 0.15) is 0 Å². The van der Waals surface area contributed by atoms with E-state index >= 15 is 0 Å². The van der Waals surface area contributed by atoms with Gasteiger partial charge in [-0.1, -0.05) is 37.6 Å². The molecular weight excluding hydrogens is 322 g/mol. The number of benzene rings is 1. The van der Waals surface area contributed by atoms with E-state index in [1.807, 2.05) is 12.1 Å². The largest absolute Gasteiger partial charge is 0.355 e. The zero-order chi connectivity index (χ0) is 17.4. The SMILES string of the molecule is CCN(CC)CCNC(=O)C1CCN(Cc2ccc(Cl)cc2)CC1.